The normalized spacial score (nSPS) is 39.9. The maximum absolute atomic E-state index is 5.89. The molecule has 1 saturated heterocycles. The Bertz CT molecular complexity index is 153. The van der Waals surface area contributed by atoms with E-state index in [0.717, 1.165) is 26.0 Å². The molecule has 13 heavy (non-hydrogen) atoms. The molecule has 1 atom stereocenters. The van der Waals surface area contributed by atoms with Crippen molar-refractivity contribution in [3.8, 4) is 0 Å². The molecule has 2 nitrogen and oxygen atoms in total. The second kappa shape index (κ2) is 4.63. The zero-order valence-electron chi connectivity index (χ0n) is 7.97. The van der Waals surface area contributed by atoms with E-state index in [4.69, 9.17) is 16.3 Å². The van der Waals surface area contributed by atoms with E-state index in [1.54, 1.807) is 0 Å². The average molecular weight is 204 g/mol. The van der Waals surface area contributed by atoms with E-state index in [1.165, 1.54) is 19.3 Å². The molecular formula is C10H18ClNO. The van der Waals surface area contributed by atoms with Gasteiger partial charge in [-0.2, -0.15) is 0 Å². The van der Waals surface area contributed by atoms with Crippen LogP contribution in [0.5, 0.6) is 0 Å². The molecule has 0 aromatic rings. The highest BCUT2D eigenvalue weighted by atomic mass is 35.5. The van der Waals surface area contributed by atoms with E-state index < -0.39 is 0 Å². The first-order valence-corrected chi connectivity index (χ1v) is 5.77. The SMILES string of the molecule is ClC1CC(NCC2CCCCO2)C1. The summed E-state index contributed by atoms with van der Waals surface area (Å²) in [5, 5.41) is 3.93. The van der Waals surface area contributed by atoms with Crippen molar-refractivity contribution in [3.05, 3.63) is 0 Å². The number of alkyl halides is 1. The topological polar surface area (TPSA) is 21.3 Å². The maximum atomic E-state index is 5.89. The molecule has 3 heteroatoms. The average Bonchev–Trinajstić information content (AvgIpc) is 2.12. The Morgan fingerprint density at radius 2 is 2.15 bits per heavy atom. The van der Waals surface area contributed by atoms with Gasteiger partial charge in [0.25, 0.3) is 0 Å². The molecule has 0 radical (unpaired) electrons. The first kappa shape index (κ1) is 9.75. The number of rotatable bonds is 3. The molecule has 2 rings (SSSR count). The van der Waals surface area contributed by atoms with Gasteiger partial charge in [-0.15, -0.1) is 11.6 Å². The zero-order valence-corrected chi connectivity index (χ0v) is 8.72. The zero-order chi connectivity index (χ0) is 9.10. The van der Waals surface area contributed by atoms with Crippen LogP contribution in [0, 0.1) is 0 Å². The molecule has 0 bridgehead atoms. The van der Waals surface area contributed by atoms with E-state index in [-0.39, 0.29) is 0 Å². The van der Waals surface area contributed by atoms with Crippen LogP contribution in [0.3, 0.4) is 0 Å². The summed E-state index contributed by atoms with van der Waals surface area (Å²) < 4.78 is 5.63. The molecular weight excluding hydrogens is 186 g/mol. The van der Waals surface area contributed by atoms with Crippen molar-refractivity contribution in [2.45, 2.75) is 49.6 Å². The van der Waals surface area contributed by atoms with Gasteiger partial charge in [0.1, 0.15) is 0 Å². The summed E-state index contributed by atoms with van der Waals surface area (Å²) in [4.78, 5) is 0. The van der Waals surface area contributed by atoms with Gasteiger partial charge in [-0.3, -0.25) is 0 Å². The third-order valence-corrected chi connectivity index (χ3v) is 3.35. The molecule has 1 unspecified atom stereocenters. The molecule has 1 N–H and O–H groups in total. The Balaban J connectivity index is 1.56. The number of ether oxygens (including phenoxy) is 1. The van der Waals surface area contributed by atoms with Crippen LogP contribution in [0.15, 0.2) is 0 Å². The van der Waals surface area contributed by atoms with Gasteiger partial charge >= 0.3 is 0 Å². The minimum Gasteiger partial charge on any atom is -0.377 e. The van der Waals surface area contributed by atoms with Gasteiger partial charge in [0.15, 0.2) is 0 Å². The fraction of sp³-hybridized carbons (Fsp3) is 1.00. The predicted octanol–water partition coefficient (Wildman–Crippen LogP) is 1.91. The summed E-state index contributed by atoms with van der Waals surface area (Å²) in [6, 6.07) is 0.660. The van der Waals surface area contributed by atoms with Crippen molar-refractivity contribution < 1.29 is 4.74 Å². The minimum atomic E-state index is 0.421. The summed E-state index contributed by atoms with van der Waals surface area (Å²) in [5.41, 5.74) is 0. The highest BCUT2D eigenvalue weighted by molar-refractivity contribution is 6.21. The lowest BCUT2D eigenvalue weighted by atomic mass is 9.92. The summed E-state index contributed by atoms with van der Waals surface area (Å²) in [5.74, 6) is 0. The molecule has 2 aliphatic rings. The maximum Gasteiger partial charge on any atom is 0.0699 e. The Morgan fingerprint density at radius 3 is 2.77 bits per heavy atom. The summed E-state index contributed by atoms with van der Waals surface area (Å²) in [6.07, 6.45) is 6.52. The van der Waals surface area contributed by atoms with E-state index in [9.17, 15) is 0 Å². The number of nitrogens with one attached hydrogen (secondary N) is 1. The monoisotopic (exact) mass is 203 g/mol. The summed E-state index contributed by atoms with van der Waals surface area (Å²) in [7, 11) is 0. The molecule has 0 aromatic heterocycles. The van der Waals surface area contributed by atoms with Gasteiger partial charge in [-0.05, 0) is 32.1 Å². The first-order chi connectivity index (χ1) is 6.34. The van der Waals surface area contributed by atoms with E-state index >= 15 is 0 Å². The second-order valence-corrected chi connectivity index (χ2v) is 4.78. The minimum absolute atomic E-state index is 0.421. The lowest BCUT2D eigenvalue weighted by Crippen LogP contribution is -2.45. The van der Waals surface area contributed by atoms with Crippen molar-refractivity contribution in [2.24, 2.45) is 0 Å². The van der Waals surface area contributed by atoms with E-state index in [0.29, 0.717) is 17.5 Å². The third-order valence-electron chi connectivity index (χ3n) is 2.99. The summed E-state index contributed by atoms with van der Waals surface area (Å²) >= 11 is 5.89. The van der Waals surface area contributed by atoms with Crippen LogP contribution < -0.4 is 5.32 Å². The van der Waals surface area contributed by atoms with Crippen molar-refractivity contribution >= 4 is 11.6 Å². The quantitative estimate of drug-likeness (QED) is 0.708. The molecule has 1 aliphatic heterocycles. The van der Waals surface area contributed by atoms with Crippen molar-refractivity contribution in [2.75, 3.05) is 13.2 Å². The van der Waals surface area contributed by atoms with Crippen molar-refractivity contribution in [1.29, 1.82) is 0 Å². The largest absolute Gasteiger partial charge is 0.377 e. The van der Waals surface area contributed by atoms with Gasteiger partial charge in [0, 0.05) is 24.6 Å². The molecule has 1 saturated carbocycles. The number of halogens is 1. The van der Waals surface area contributed by atoms with Gasteiger partial charge in [-0.25, -0.2) is 0 Å². The molecule has 1 heterocycles. The van der Waals surface area contributed by atoms with Crippen molar-refractivity contribution in [3.63, 3.8) is 0 Å². The van der Waals surface area contributed by atoms with Crippen LogP contribution in [0.2, 0.25) is 0 Å². The molecule has 76 valence electrons. The number of hydrogen-bond donors (Lipinski definition) is 1. The standard InChI is InChI=1S/C10H18ClNO/c11-8-5-9(6-8)12-7-10-3-1-2-4-13-10/h8-10,12H,1-7H2. The Morgan fingerprint density at radius 1 is 1.31 bits per heavy atom. The molecule has 1 aliphatic carbocycles. The fourth-order valence-corrected chi connectivity index (χ4v) is 2.41. The van der Waals surface area contributed by atoms with Crippen molar-refractivity contribution in [1.82, 2.24) is 5.32 Å². The highest BCUT2D eigenvalue weighted by Crippen LogP contribution is 2.25. The van der Waals surface area contributed by atoms with E-state index in [2.05, 4.69) is 5.32 Å². The highest BCUT2D eigenvalue weighted by Gasteiger charge is 2.27. The Kier molecular flexibility index (Phi) is 3.47. The number of hydrogen-bond acceptors (Lipinski definition) is 2. The van der Waals surface area contributed by atoms with Gasteiger partial charge in [0.05, 0.1) is 6.10 Å². The molecule has 2 fully saturated rings. The Hall–Kier alpha value is 0.210. The molecule has 0 aromatic carbocycles. The predicted molar refractivity (Wildman–Crippen MR) is 54.3 cm³/mol. The third kappa shape index (κ3) is 2.83. The second-order valence-electron chi connectivity index (χ2n) is 4.16. The van der Waals surface area contributed by atoms with Gasteiger partial charge in [-0.1, -0.05) is 0 Å². The van der Waals surface area contributed by atoms with Gasteiger partial charge in [0.2, 0.25) is 0 Å². The van der Waals surface area contributed by atoms with Crippen LogP contribution in [0.1, 0.15) is 32.1 Å². The Labute approximate surface area is 85.0 Å². The van der Waals surface area contributed by atoms with Crippen LogP contribution in [-0.2, 0) is 4.74 Å². The smallest absolute Gasteiger partial charge is 0.0699 e. The van der Waals surface area contributed by atoms with Crippen LogP contribution in [0.4, 0.5) is 0 Å². The van der Waals surface area contributed by atoms with Crippen LogP contribution in [0.25, 0.3) is 0 Å². The van der Waals surface area contributed by atoms with Crippen LogP contribution >= 0.6 is 11.6 Å². The van der Waals surface area contributed by atoms with Gasteiger partial charge < -0.3 is 10.1 Å². The fourth-order valence-electron chi connectivity index (χ4n) is 1.98. The van der Waals surface area contributed by atoms with Crippen LogP contribution in [-0.4, -0.2) is 30.7 Å². The lowest BCUT2D eigenvalue weighted by molar-refractivity contribution is 0.0139. The molecule has 0 spiro atoms. The molecule has 0 amide bonds. The summed E-state index contributed by atoms with van der Waals surface area (Å²) in [6.45, 7) is 1.98. The first-order valence-electron chi connectivity index (χ1n) is 5.33. The van der Waals surface area contributed by atoms with E-state index in [1.807, 2.05) is 0 Å². The lowest BCUT2D eigenvalue weighted by Gasteiger charge is -2.33.